The molecule has 4 N–H and O–H groups in total. The Morgan fingerprint density at radius 2 is 2.25 bits per heavy atom. The van der Waals surface area contributed by atoms with Crippen molar-refractivity contribution in [3.63, 3.8) is 0 Å². The molecule has 1 aliphatic heterocycles. The maximum absolute atomic E-state index is 12.5. The molecule has 1 saturated heterocycles. The molecule has 3 heterocycles. The van der Waals surface area contributed by atoms with E-state index >= 15 is 0 Å². The number of imidazole rings is 1. The topological polar surface area (TPSA) is 173 Å². The summed E-state index contributed by atoms with van der Waals surface area (Å²) in [4.78, 5) is 33.7. The lowest BCUT2D eigenvalue weighted by Gasteiger charge is -2.30. The van der Waals surface area contributed by atoms with Gasteiger partial charge >= 0.3 is 13.7 Å². The number of hydrogen-bond acceptors (Lipinski definition) is 10. The first kappa shape index (κ1) is 20.4. The van der Waals surface area contributed by atoms with Gasteiger partial charge in [-0.25, -0.2) is 14.6 Å². The number of hydrogen-bond donors (Lipinski definition) is 3. The van der Waals surface area contributed by atoms with Crippen LogP contribution in [-0.4, -0.2) is 57.5 Å². The van der Waals surface area contributed by atoms with E-state index in [2.05, 4.69) is 20.0 Å². The van der Waals surface area contributed by atoms with Gasteiger partial charge in [0.1, 0.15) is 18.9 Å². The molecule has 0 amide bonds. The number of ether oxygens (including phenoxy) is 2. The van der Waals surface area contributed by atoms with Crippen LogP contribution in [-0.2, 0) is 34.6 Å². The fraction of sp³-hybridized carbons (Fsp3) is 0.571. The molecule has 2 aromatic heterocycles. The molecule has 0 radical (unpaired) electrons. The monoisotopic (exact) mass is 416 g/mol. The van der Waals surface area contributed by atoms with Crippen LogP contribution in [0.1, 0.15) is 13.8 Å². The van der Waals surface area contributed by atoms with Gasteiger partial charge in [0.2, 0.25) is 5.95 Å². The van der Waals surface area contributed by atoms with Crippen molar-refractivity contribution in [1.29, 1.82) is 0 Å². The van der Waals surface area contributed by atoms with E-state index in [0.717, 1.165) is 0 Å². The zero-order chi connectivity index (χ0) is 20.3. The second-order valence-corrected chi connectivity index (χ2v) is 7.72. The molecule has 2 aromatic rings. The zero-order valence-electron chi connectivity index (χ0n) is 15.3. The van der Waals surface area contributed by atoms with Gasteiger partial charge < -0.3 is 15.2 Å². The predicted octanol–water partition coefficient (Wildman–Crippen LogP) is -0.259. The number of esters is 1. The Morgan fingerprint density at radius 1 is 1.54 bits per heavy atom. The first-order chi connectivity index (χ1) is 13.3. The summed E-state index contributed by atoms with van der Waals surface area (Å²) >= 11 is 0. The highest BCUT2D eigenvalue weighted by atomic mass is 31.2. The van der Waals surface area contributed by atoms with Crippen molar-refractivity contribution in [3.8, 4) is 0 Å². The lowest BCUT2D eigenvalue weighted by atomic mass is 10.4. The molecule has 1 aliphatic rings. The molecule has 28 heavy (non-hydrogen) atoms. The molecule has 0 unspecified atom stereocenters. The third kappa shape index (κ3) is 4.56. The molecule has 13 nitrogen and oxygen atoms in total. The number of fused-ring (bicyclic) bond motifs is 1. The zero-order valence-corrected chi connectivity index (χ0v) is 16.2. The van der Waals surface area contributed by atoms with E-state index in [0.29, 0.717) is 0 Å². The van der Waals surface area contributed by atoms with Crippen LogP contribution in [0.15, 0.2) is 11.1 Å². The van der Waals surface area contributed by atoms with Gasteiger partial charge in [-0.05, 0) is 13.8 Å². The fourth-order valence-electron chi connectivity index (χ4n) is 2.43. The Labute approximate surface area is 159 Å². The van der Waals surface area contributed by atoms with Crippen LogP contribution in [0.2, 0.25) is 0 Å². The highest BCUT2D eigenvalue weighted by molar-refractivity contribution is 7.51. The Balaban J connectivity index is 1.54. The third-order valence-electron chi connectivity index (χ3n) is 3.80. The van der Waals surface area contributed by atoms with Crippen molar-refractivity contribution in [2.45, 2.75) is 32.7 Å². The van der Waals surface area contributed by atoms with Crippen LogP contribution in [0.4, 0.5) is 5.95 Å². The lowest BCUT2D eigenvalue weighted by Crippen LogP contribution is -2.39. The van der Waals surface area contributed by atoms with Crippen LogP contribution in [0.5, 0.6) is 0 Å². The summed E-state index contributed by atoms with van der Waals surface area (Å²) in [5.41, 5.74) is 5.50. The third-order valence-corrected chi connectivity index (χ3v) is 5.48. The maximum Gasteiger partial charge on any atom is 0.406 e. The van der Waals surface area contributed by atoms with E-state index in [1.165, 1.54) is 17.8 Å². The van der Waals surface area contributed by atoms with Gasteiger partial charge in [-0.3, -0.25) is 28.2 Å². The summed E-state index contributed by atoms with van der Waals surface area (Å²) in [6, 6.07) is -0.852. The molecule has 154 valence electrons. The maximum atomic E-state index is 12.5. The van der Waals surface area contributed by atoms with Gasteiger partial charge in [0.15, 0.2) is 11.2 Å². The summed E-state index contributed by atoms with van der Waals surface area (Å²) in [5, 5.41) is 2.51. The summed E-state index contributed by atoms with van der Waals surface area (Å²) in [6.07, 6.45) is 0.864. The van der Waals surface area contributed by atoms with Gasteiger partial charge in [0.05, 0.1) is 26.1 Å². The van der Waals surface area contributed by atoms with Crippen LogP contribution in [0.3, 0.4) is 0 Å². The van der Waals surface area contributed by atoms with Crippen molar-refractivity contribution < 1.29 is 27.9 Å². The quantitative estimate of drug-likeness (QED) is 0.401. The minimum absolute atomic E-state index is 0.000733. The summed E-state index contributed by atoms with van der Waals surface area (Å²) in [7, 11) is -3.64. The Kier molecular flexibility index (Phi) is 6.10. The molecule has 3 rings (SSSR count). The Morgan fingerprint density at radius 3 is 2.93 bits per heavy atom. The van der Waals surface area contributed by atoms with Crippen LogP contribution >= 0.6 is 7.75 Å². The molecule has 0 saturated carbocycles. The molecule has 14 heteroatoms. The standard InChI is InChI=1S/C14H21N6O7P/c1-3-24-13(22)8(2)19-28(23)26-4-9(5-27-28)25-7-20-6-16-10-11(20)17-14(15)18-12(10)21/h6,8-9H,3-5,7H2,1-2H3,(H,19,23)(H3,15,17,18,21)/t8-,9?,28?/m0/s1. The van der Waals surface area contributed by atoms with E-state index in [-0.39, 0.29) is 43.7 Å². The molecule has 1 atom stereocenters. The van der Waals surface area contributed by atoms with E-state index in [9.17, 15) is 14.2 Å². The van der Waals surface area contributed by atoms with Crippen LogP contribution in [0.25, 0.3) is 11.2 Å². The predicted molar refractivity (Wildman–Crippen MR) is 96.2 cm³/mol. The van der Waals surface area contributed by atoms with Crippen molar-refractivity contribution >= 4 is 30.8 Å². The smallest absolute Gasteiger partial charge is 0.406 e. The van der Waals surface area contributed by atoms with Crippen molar-refractivity contribution in [3.05, 3.63) is 16.7 Å². The number of nitrogen functional groups attached to an aromatic ring is 1. The van der Waals surface area contributed by atoms with Gasteiger partial charge in [-0.1, -0.05) is 0 Å². The number of rotatable bonds is 7. The first-order valence-corrected chi connectivity index (χ1v) is 10.0. The Bertz CT molecular complexity index is 947. The van der Waals surface area contributed by atoms with Crippen LogP contribution < -0.4 is 16.4 Å². The average molecular weight is 416 g/mol. The number of anilines is 1. The van der Waals surface area contributed by atoms with Gasteiger partial charge in [-0.15, -0.1) is 0 Å². The summed E-state index contributed by atoms with van der Waals surface area (Å²) in [5.74, 6) is -0.594. The minimum Gasteiger partial charge on any atom is -0.465 e. The Hall–Kier alpha value is -2.31. The molecular weight excluding hydrogens is 395 g/mol. The first-order valence-electron chi connectivity index (χ1n) is 8.47. The van der Waals surface area contributed by atoms with Gasteiger partial charge in [0, 0.05) is 0 Å². The van der Waals surface area contributed by atoms with Gasteiger partial charge in [-0.2, -0.15) is 4.98 Å². The number of nitrogens with two attached hydrogens (primary N) is 1. The van der Waals surface area contributed by atoms with E-state index in [1.807, 2.05) is 0 Å². The van der Waals surface area contributed by atoms with Crippen LogP contribution in [0, 0.1) is 0 Å². The second kappa shape index (κ2) is 8.37. The number of nitrogens with zero attached hydrogens (tertiary/aromatic N) is 3. The fourth-order valence-corrected chi connectivity index (χ4v) is 3.96. The molecular formula is C14H21N6O7P. The number of aromatic amines is 1. The van der Waals surface area contributed by atoms with Crippen molar-refractivity contribution in [2.24, 2.45) is 0 Å². The highest BCUT2D eigenvalue weighted by Gasteiger charge is 2.36. The minimum atomic E-state index is -3.64. The van der Waals surface area contributed by atoms with Crippen molar-refractivity contribution in [2.75, 3.05) is 25.6 Å². The molecule has 0 aromatic carbocycles. The van der Waals surface area contributed by atoms with E-state index in [1.54, 1.807) is 6.92 Å². The van der Waals surface area contributed by atoms with E-state index < -0.39 is 31.4 Å². The number of carbonyl (C=O) groups excluding carboxylic acids is 1. The second-order valence-electron chi connectivity index (χ2n) is 5.95. The molecule has 0 aliphatic carbocycles. The summed E-state index contributed by atoms with van der Waals surface area (Å²) < 4.78 is 34.9. The number of nitrogens with one attached hydrogen (secondary N) is 2. The SMILES string of the molecule is CCOC(=O)[C@H](C)NP1(=O)OCC(OCn2cnc3c(=O)[nH]c(N)nc32)CO1. The summed E-state index contributed by atoms with van der Waals surface area (Å²) in [6.45, 7) is 3.33. The van der Waals surface area contributed by atoms with Gasteiger partial charge in [0.25, 0.3) is 5.56 Å². The largest absolute Gasteiger partial charge is 0.465 e. The van der Waals surface area contributed by atoms with Crippen molar-refractivity contribution in [1.82, 2.24) is 24.6 Å². The number of H-pyrrole nitrogens is 1. The molecule has 0 bridgehead atoms. The normalized spacial score (nSPS) is 23.6. The average Bonchev–Trinajstić information content (AvgIpc) is 3.04. The number of carbonyl (C=O) groups is 1. The highest BCUT2D eigenvalue weighted by Crippen LogP contribution is 2.47. The number of aromatic nitrogens is 4. The molecule has 1 fully saturated rings. The van der Waals surface area contributed by atoms with E-state index in [4.69, 9.17) is 24.3 Å². The molecule has 0 spiro atoms. The lowest BCUT2D eigenvalue weighted by molar-refractivity contribution is -0.144.